The summed E-state index contributed by atoms with van der Waals surface area (Å²) in [6.45, 7) is 27.3. The van der Waals surface area contributed by atoms with Crippen molar-refractivity contribution in [3.63, 3.8) is 0 Å². The van der Waals surface area contributed by atoms with Gasteiger partial charge in [0.1, 0.15) is 0 Å². The highest BCUT2D eigenvalue weighted by molar-refractivity contribution is 5.92. The zero-order valence-electron chi connectivity index (χ0n) is 51.9. The van der Waals surface area contributed by atoms with Crippen LogP contribution in [0.25, 0.3) is 44.5 Å². The summed E-state index contributed by atoms with van der Waals surface area (Å²) in [7, 11) is 0. The molecule has 0 spiro atoms. The molecule has 8 aromatic carbocycles. The smallest absolute Gasteiger partial charge is 0.0991 e. The molecule has 424 valence electrons. The van der Waals surface area contributed by atoms with Gasteiger partial charge in [0, 0.05) is 34.1 Å². The molecular weight excluding hydrogens is 1040 g/mol. The molecule has 4 nitrogen and oxygen atoms in total. The van der Waals surface area contributed by atoms with Gasteiger partial charge in [0.2, 0.25) is 0 Å². The highest BCUT2D eigenvalue weighted by Gasteiger charge is 2.41. The summed E-state index contributed by atoms with van der Waals surface area (Å²) < 4.78 is 0. The SMILES string of the molecule is CC(C)(C)c1cccc(-c2ccc(N(C3=C4C=CC5=C6C(=CC=C(C=C3)C46)C(N(c3ccc(C#N)cc3)c3ccc(-c4cccc(C(C)(C)C)c4)cc3-c3cccc(C(C)(C)C)c3)C=C5)c3ccc(C#N)cc3)c(-c3cccc(C(C)(C)C)c3)c2)c1. The average Bonchev–Trinajstić information content (AvgIpc) is 0.790. The number of anilines is 4. The molecular formula is C82H76N4. The lowest BCUT2D eigenvalue weighted by atomic mass is 9.67. The Hall–Kier alpha value is -9.48. The second-order valence-corrected chi connectivity index (χ2v) is 27.7. The molecule has 0 saturated carbocycles. The van der Waals surface area contributed by atoms with Gasteiger partial charge < -0.3 is 9.80 Å². The number of nitrogens with zero attached hydrogens (tertiary/aromatic N) is 4. The standard InChI is InChI=1S/C82H76N4/c1-79(2,3)63-21-13-17-57(45-63)59-33-43-75(71(49-59)61-19-15-23-65(47-61)81(7,8)9)85(67-35-25-53(51-83)26-36-67)73-41-31-55-30-40-70-74(42-32-56-29-39-69(73)77(55)78(56)70)86(68-37-27-54(52-84)28-38-68)76-44-34-60(58-18-14-22-64(46-58)80(4,5)6)50-72(76)62-20-16-24-66(48-62)82(10,11)12/h13-50,73,78H,1-12H3. The van der Waals surface area contributed by atoms with Crippen LogP contribution in [0.4, 0.5) is 22.7 Å². The molecule has 2 atom stereocenters. The van der Waals surface area contributed by atoms with E-state index in [4.69, 9.17) is 0 Å². The van der Waals surface area contributed by atoms with Crippen LogP contribution >= 0.6 is 0 Å². The first-order valence-corrected chi connectivity index (χ1v) is 30.3. The van der Waals surface area contributed by atoms with Crippen LogP contribution in [0.5, 0.6) is 0 Å². The minimum absolute atomic E-state index is 0.0119. The molecule has 0 N–H and O–H groups in total. The second-order valence-electron chi connectivity index (χ2n) is 27.7. The molecule has 86 heavy (non-hydrogen) atoms. The number of hydrogen-bond donors (Lipinski definition) is 0. The molecule has 8 aromatic rings. The van der Waals surface area contributed by atoms with E-state index in [0.717, 1.165) is 61.8 Å². The molecule has 4 aliphatic carbocycles. The van der Waals surface area contributed by atoms with E-state index in [1.54, 1.807) is 0 Å². The van der Waals surface area contributed by atoms with Gasteiger partial charge in [-0.2, -0.15) is 10.5 Å². The van der Waals surface area contributed by atoms with Crippen molar-refractivity contribution < 1.29 is 0 Å². The summed E-state index contributed by atoms with van der Waals surface area (Å²) in [5.41, 5.74) is 26.6. The quantitative estimate of drug-likeness (QED) is 0.137. The fourth-order valence-electron chi connectivity index (χ4n) is 12.7. The summed E-state index contributed by atoms with van der Waals surface area (Å²) in [5.74, 6) is -0.0846. The Bertz CT molecular complexity index is 4330. The Kier molecular flexibility index (Phi) is 14.5. The first-order chi connectivity index (χ1) is 41.0. The van der Waals surface area contributed by atoms with Crippen LogP contribution in [0.1, 0.15) is 116 Å². The predicted molar refractivity (Wildman–Crippen MR) is 361 cm³/mol. The Labute approximate surface area is 511 Å². The average molecular weight is 1120 g/mol. The molecule has 0 aliphatic heterocycles. The van der Waals surface area contributed by atoms with Gasteiger partial charge in [0.25, 0.3) is 0 Å². The van der Waals surface area contributed by atoms with Gasteiger partial charge in [0.05, 0.1) is 40.7 Å². The predicted octanol–water partition coefficient (Wildman–Crippen LogP) is 21.4. The minimum atomic E-state index is -0.234. The highest BCUT2D eigenvalue weighted by atomic mass is 15.2. The number of nitriles is 2. The van der Waals surface area contributed by atoms with E-state index in [9.17, 15) is 10.5 Å². The van der Waals surface area contributed by atoms with Gasteiger partial charge in [-0.15, -0.1) is 0 Å². The monoisotopic (exact) mass is 1120 g/mol. The van der Waals surface area contributed by atoms with Crippen LogP contribution in [0, 0.1) is 28.6 Å². The summed E-state index contributed by atoms with van der Waals surface area (Å²) in [6.07, 6.45) is 18.7. The van der Waals surface area contributed by atoms with Crippen LogP contribution in [0.3, 0.4) is 0 Å². The minimum Gasteiger partial charge on any atom is -0.330 e. The molecule has 0 aromatic heterocycles. The molecule has 0 heterocycles. The second kappa shape index (κ2) is 21.9. The van der Waals surface area contributed by atoms with Crippen molar-refractivity contribution in [3.8, 4) is 56.6 Å². The Morgan fingerprint density at radius 3 is 1.33 bits per heavy atom. The normalized spacial score (nSPS) is 16.3. The van der Waals surface area contributed by atoms with E-state index in [-0.39, 0.29) is 33.6 Å². The van der Waals surface area contributed by atoms with Crippen molar-refractivity contribution in [1.82, 2.24) is 0 Å². The Morgan fingerprint density at radius 1 is 0.395 bits per heavy atom. The van der Waals surface area contributed by atoms with Crippen molar-refractivity contribution in [2.45, 2.75) is 111 Å². The van der Waals surface area contributed by atoms with Crippen LogP contribution in [-0.2, 0) is 21.7 Å². The van der Waals surface area contributed by atoms with Crippen molar-refractivity contribution in [2.24, 2.45) is 5.92 Å². The van der Waals surface area contributed by atoms with Gasteiger partial charge in [0.15, 0.2) is 0 Å². The lowest BCUT2D eigenvalue weighted by Crippen LogP contribution is -2.37. The molecule has 0 fully saturated rings. The Morgan fingerprint density at radius 2 is 0.837 bits per heavy atom. The largest absolute Gasteiger partial charge is 0.330 e. The van der Waals surface area contributed by atoms with E-state index >= 15 is 0 Å². The number of allylic oxidation sites excluding steroid dienone is 10. The zero-order valence-corrected chi connectivity index (χ0v) is 51.9. The van der Waals surface area contributed by atoms with E-state index in [1.165, 1.54) is 61.2 Å². The lowest BCUT2D eigenvalue weighted by Gasteiger charge is -2.44. The summed E-state index contributed by atoms with van der Waals surface area (Å²) in [5, 5.41) is 20.3. The molecule has 0 radical (unpaired) electrons. The van der Waals surface area contributed by atoms with Gasteiger partial charge in [-0.3, -0.25) is 0 Å². The third kappa shape index (κ3) is 10.9. The third-order valence-corrected chi connectivity index (χ3v) is 17.7. The molecule has 4 aliphatic rings. The van der Waals surface area contributed by atoms with E-state index in [1.807, 2.05) is 24.3 Å². The highest BCUT2D eigenvalue weighted by Crippen LogP contribution is 2.54. The summed E-state index contributed by atoms with van der Waals surface area (Å²) >= 11 is 0. The lowest BCUT2D eigenvalue weighted by molar-refractivity contribution is 0.590. The molecule has 0 saturated heterocycles. The van der Waals surface area contributed by atoms with Crippen molar-refractivity contribution in [3.05, 3.63) is 298 Å². The molecule has 0 bridgehead atoms. The molecule has 12 rings (SSSR count). The summed E-state index contributed by atoms with van der Waals surface area (Å²) in [6, 6.07) is 70.9. The molecule has 4 heteroatoms. The molecule has 2 unspecified atom stereocenters. The van der Waals surface area contributed by atoms with Crippen LogP contribution in [0.15, 0.2) is 264 Å². The van der Waals surface area contributed by atoms with Crippen molar-refractivity contribution in [1.29, 1.82) is 10.5 Å². The van der Waals surface area contributed by atoms with E-state index in [0.29, 0.717) is 11.1 Å². The number of rotatable bonds is 10. The first kappa shape index (κ1) is 57.0. The van der Waals surface area contributed by atoms with Gasteiger partial charge in [-0.25, -0.2) is 0 Å². The topological polar surface area (TPSA) is 54.1 Å². The number of benzene rings is 8. The van der Waals surface area contributed by atoms with Gasteiger partial charge in [-0.1, -0.05) is 235 Å². The van der Waals surface area contributed by atoms with E-state index in [2.05, 4.69) is 311 Å². The first-order valence-electron chi connectivity index (χ1n) is 30.3. The van der Waals surface area contributed by atoms with Crippen LogP contribution < -0.4 is 9.80 Å². The van der Waals surface area contributed by atoms with Crippen molar-refractivity contribution in [2.75, 3.05) is 9.80 Å². The maximum Gasteiger partial charge on any atom is 0.0991 e. The maximum absolute atomic E-state index is 10.2. The summed E-state index contributed by atoms with van der Waals surface area (Å²) in [4.78, 5) is 4.93. The third-order valence-electron chi connectivity index (χ3n) is 17.7. The zero-order chi connectivity index (χ0) is 60.5. The molecule has 0 amide bonds. The maximum atomic E-state index is 10.2. The fraction of sp³-hybridized carbons (Fsp3) is 0.220. The number of hydrogen-bond acceptors (Lipinski definition) is 4. The van der Waals surface area contributed by atoms with Gasteiger partial charge >= 0.3 is 0 Å². The Balaban J connectivity index is 1.04. The fourth-order valence-corrected chi connectivity index (χ4v) is 12.7. The van der Waals surface area contributed by atoms with E-state index < -0.39 is 0 Å². The van der Waals surface area contributed by atoms with Crippen LogP contribution in [0.2, 0.25) is 0 Å². The van der Waals surface area contributed by atoms with Gasteiger partial charge in [-0.05, 0) is 184 Å². The van der Waals surface area contributed by atoms with Crippen LogP contribution in [-0.4, -0.2) is 6.04 Å². The van der Waals surface area contributed by atoms with Crippen molar-refractivity contribution >= 4 is 22.7 Å².